The van der Waals surface area contributed by atoms with Gasteiger partial charge in [-0.25, -0.2) is 0 Å². The maximum Gasteiger partial charge on any atom is 0.110 e. The highest BCUT2D eigenvalue weighted by atomic mass is 79.9. The SMILES string of the molecule is C=C(C)COC(C)Br.CNC. The molecule has 0 fully saturated rings. The molecule has 0 saturated heterocycles. The molecule has 1 N–H and O–H groups in total. The number of halogens is 1. The monoisotopic (exact) mass is 223 g/mol. The fourth-order valence-electron chi connectivity index (χ4n) is 0.257. The van der Waals surface area contributed by atoms with Crippen LogP contribution in [0.1, 0.15) is 13.8 Å². The van der Waals surface area contributed by atoms with E-state index >= 15 is 0 Å². The zero-order valence-corrected chi connectivity index (χ0v) is 9.36. The number of rotatable bonds is 3. The Labute approximate surface area is 78.1 Å². The maximum atomic E-state index is 5.12. The van der Waals surface area contributed by atoms with Crippen molar-refractivity contribution in [2.75, 3.05) is 20.7 Å². The lowest BCUT2D eigenvalue weighted by molar-refractivity contribution is 0.150. The van der Waals surface area contributed by atoms with Crippen LogP contribution in [0.2, 0.25) is 0 Å². The fourth-order valence-corrected chi connectivity index (χ4v) is 0.389. The lowest BCUT2D eigenvalue weighted by Gasteiger charge is -2.03. The number of hydrogen-bond donors (Lipinski definition) is 1. The van der Waals surface area contributed by atoms with Crippen molar-refractivity contribution >= 4 is 15.9 Å². The first kappa shape index (κ1) is 13.7. The van der Waals surface area contributed by atoms with Gasteiger partial charge in [0.25, 0.3) is 0 Å². The highest BCUT2D eigenvalue weighted by Gasteiger charge is 1.91. The van der Waals surface area contributed by atoms with Crippen molar-refractivity contribution in [1.82, 2.24) is 5.32 Å². The van der Waals surface area contributed by atoms with Gasteiger partial charge >= 0.3 is 0 Å². The predicted molar refractivity (Wildman–Crippen MR) is 54.1 cm³/mol. The van der Waals surface area contributed by atoms with Gasteiger partial charge in [-0.1, -0.05) is 28.1 Å². The van der Waals surface area contributed by atoms with Crippen LogP contribution < -0.4 is 5.32 Å². The molecule has 68 valence electrons. The molecule has 0 aromatic heterocycles. The lowest BCUT2D eigenvalue weighted by Crippen LogP contribution is -2.00. The molecule has 0 radical (unpaired) electrons. The van der Waals surface area contributed by atoms with Crippen molar-refractivity contribution in [3.63, 3.8) is 0 Å². The first-order valence-electron chi connectivity index (χ1n) is 3.53. The molecule has 3 heteroatoms. The molecule has 0 aromatic rings. The van der Waals surface area contributed by atoms with Crippen molar-refractivity contribution in [1.29, 1.82) is 0 Å². The van der Waals surface area contributed by atoms with Gasteiger partial charge in [0.1, 0.15) is 5.01 Å². The zero-order chi connectivity index (χ0) is 9.28. The maximum absolute atomic E-state index is 5.12. The van der Waals surface area contributed by atoms with Gasteiger partial charge in [-0.05, 0) is 27.9 Å². The molecule has 1 unspecified atom stereocenters. The second kappa shape index (κ2) is 10.1. The molecular formula is C8H18BrNO. The molecular weight excluding hydrogens is 206 g/mol. The summed E-state index contributed by atoms with van der Waals surface area (Å²) < 4.78 is 5.12. The molecule has 0 aliphatic heterocycles. The Morgan fingerprint density at radius 2 is 2.00 bits per heavy atom. The summed E-state index contributed by atoms with van der Waals surface area (Å²) in [6, 6.07) is 0. The second-order valence-electron chi connectivity index (χ2n) is 2.31. The van der Waals surface area contributed by atoms with Crippen LogP contribution in [0.4, 0.5) is 0 Å². The lowest BCUT2D eigenvalue weighted by atomic mass is 10.4. The van der Waals surface area contributed by atoms with Crippen LogP contribution in [0.25, 0.3) is 0 Å². The summed E-state index contributed by atoms with van der Waals surface area (Å²) >= 11 is 3.24. The molecule has 0 spiro atoms. The Kier molecular flexibility index (Phi) is 12.6. The molecule has 11 heavy (non-hydrogen) atoms. The number of alkyl halides is 1. The quantitative estimate of drug-likeness (QED) is 0.585. The van der Waals surface area contributed by atoms with Crippen molar-refractivity contribution < 1.29 is 4.74 Å². The summed E-state index contributed by atoms with van der Waals surface area (Å²) in [7, 11) is 3.75. The summed E-state index contributed by atoms with van der Waals surface area (Å²) in [6.45, 7) is 8.20. The Balaban J connectivity index is 0. The topological polar surface area (TPSA) is 21.3 Å². The van der Waals surface area contributed by atoms with E-state index in [2.05, 4.69) is 27.8 Å². The number of nitrogens with one attached hydrogen (secondary N) is 1. The van der Waals surface area contributed by atoms with E-state index in [1.165, 1.54) is 0 Å². The largest absolute Gasteiger partial charge is 0.363 e. The molecule has 0 aliphatic carbocycles. The van der Waals surface area contributed by atoms with Crippen LogP contribution in [0.3, 0.4) is 0 Å². The van der Waals surface area contributed by atoms with Crippen LogP contribution >= 0.6 is 15.9 Å². The molecule has 2 nitrogen and oxygen atoms in total. The third-order valence-corrected chi connectivity index (χ3v) is 0.824. The van der Waals surface area contributed by atoms with Crippen molar-refractivity contribution in [2.45, 2.75) is 18.9 Å². The molecule has 0 saturated carbocycles. The molecule has 0 amide bonds. The highest BCUT2D eigenvalue weighted by Crippen LogP contribution is 2.00. The van der Waals surface area contributed by atoms with Crippen molar-refractivity contribution in [2.24, 2.45) is 0 Å². The number of hydrogen-bond acceptors (Lipinski definition) is 2. The minimum absolute atomic E-state index is 0.138. The van der Waals surface area contributed by atoms with Gasteiger partial charge in [0.15, 0.2) is 0 Å². The van der Waals surface area contributed by atoms with E-state index < -0.39 is 0 Å². The van der Waals surface area contributed by atoms with Gasteiger partial charge in [0, 0.05) is 0 Å². The minimum atomic E-state index is 0.138. The molecule has 0 heterocycles. The van der Waals surface area contributed by atoms with Gasteiger partial charge in [0.2, 0.25) is 0 Å². The first-order chi connectivity index (χ1) is 5.04. The Bertz CT molecular complexity index is 94.1. The standard InChI is InChI=1S/C6H11BrO.C2H7N/c1-5(2)4-8-6(3)7;1-3-2/h6H,1,4H2,2-3H3;3H,1-2H3. The molecule has 0 bridgehead atoms. The average molecular weight is 224 g/mol. The van der Waals surface area contributed by atoms with Crippen LogP contribution in [0, 0.1) is 0 Å². The molecule has 0 aromatic carbocycles. The average Bonchev–Trinajstić information content (AvgIpc) is 1.85. The van der Waals surface area contributed by atoms with Crippen LogP contribution in [-0.2, 0) is 4.74 Å². The van der Waals surface area contributed by atoms with Crippen molar-refractivity contribution in [3.05, 3.63) is 12.2 Å². The van der Waals surface area contributed by atoms with E-state index in [0.29, 0.717) is 6.61 Å². The smallest absolute Gasteiger partial charge is 0.110 e. The van der Waals surface area contributed by atoms with Crippen LogP contribution in [0.15, 0.2) is 12.2 Å². The zero-order valence-electron chi connectivity index (χ0n) is 7.78. The van der Waals surface area contributed by atoms with Gasteiger partial charge in [-0.3, -0.25) is 0 Å². The predicted octanol–water partition coefficient (Wildman–Crippen LogP) is 2.16. The molecule has 1 atom stereocenters. The minimum Gasteiger partial charge on any atom is -0.363 e. The third-order valence-electron chi connectivity index (χ3n) is 0.559. The van der Waals surface area contributed by atoms with Gasteiger partial charge in [-0.15, -0.1) is 0 Å². The Morgan fingerprint density at radius 3 is 2.09 bits per heavy atom. The summed E-state index contributed by atoms with van der Waals surface area (Å²) in [6.07, 6.45) is 0. The second-order valence-corrected chi connectivity index (χ2v) is 3.60. The van der Waals surface area contributed by atoms with E-state index in [4.69, 9.17) is 4.74 Å². The van der Waals surface area contributed by atoms with E-state index in [-0.39, 0.29) is 5.01 Å². The van der Waals surface area contributed by atoms with E-state index in [1.807, 2.05) is 27.9 Å². The Hall–Kier alpha value is 0.140. The van der Waals surface area contributed by atoms with E-state index in [9.17, 15) is 0 Å². The van der Waals surface area contributed by atoms with Gasteiger partial charge in [-0.2, -0.15) is 0 Å². The molecule has 0 rings (SSSR count). The summed E-state index contributed by atoms with van der Waals surface area (Å²) in [5.74, 6) is 0. The first-order valence-corrected chi connectivity index (χ1v) is 4.44. The van der Waals surface area contributed by atoms with Gasteiger partial charge < -0.3 is 10.1 Å². The fraction of sp³-hybridized carbons (Fsp3) is 0.750. The van der Waals surface area contributed by atoms with E-state index in [1.54, 1.807) is 0 Å². The Morgan fingerprint density at radius 1 is 1.64 bits per heavy atom. The normalized spacial score (nSPS) is 11.4. The van der Waals surface area contributed by atoms with Crippen LogP contribution in [-0.4, -0.2) is 25.7 Å². The third kappa shape index (κ3) is 25.4. The van der Waals surface area contributed by atoms with E-state index in [0.717, 1.165) is 5.57 Å². The van der Waals surface area contributed by atoms with Crippen molar-refractivity contribution in [3.8, 4) is 0 Å². The highest BCUT2D eigenvalue weighted by molar-refractivity contribution is 9.09. The summed E-state index contributed by atoms with van der Waals surface area (Å²) in [4.78, 5) is 0. The summed E-state index contributed by atoms with van der Waals surface area (Å²) in [5.41, 5.74) is 1.05. The van der Waals surface area contributed by atoms with Gasteiger partial charge in [0.05, 0.1) is 6.61 Å². The molecule has 0 aliphatic rings. The van der Waals surface area contributed by atoms with Crippen LogP contribution in [0.5, 0.6) is 0 Å². The summed E-state index contributed by atoms with van der Waals surface area (Å²) in [5, 5.41) is 2.89. The number of ether oxygens (including phenoxy) is 1.